The molecule has 0 aliphatic heterocycles. The van der Waals surface area contributed by atoms with Crippen LogP contribution in [0.25, 0.3) is 10.9 Å². The van der Waals surface area contributed by atoms with Crippen LogP contribution in [0.1, 0.15) is 16.1 Å². The second-order valence-corrected chi connectivity index (χ2v) is 3.25. The van der Waals surface area contributed by atoms with Crippen molar-refractivity contribution in [2.75, 3.05) is 0 Å². The van der Waals surface area contributed by atoms with Gasteiger partial charge in [-0.2, -0.15) is 0 Å². The zero-order chi connectivity index (χ0) is 10.8. The summed E-state index contributed by atoms with van der Waals surface area (Å²) in [6.07, 6.45) is 0.510. The third-order valence-electron chi connectivity index (χ3n) is 2.29. The smallest absolute Gasteiger partial charge is 0.307 e. The van der Waals surface area contributed by atoms with Crippen molar-refractivity contribution in [3.05, 3.63) is 35.5 Å². The van der Waals surface area contributed by atoms with Gasteiger partial charge in [0.2, 0.25) is 0 Å². The number of fused-ring (bicyclic) bond motifs is 1. The van der Waals surface area contributed by atoms with Gasteiger partial charge in [-0.1, -0.05) is 18.2 Å². The Labute approximate surface area is 85.5 Å². The Morgan fingerprint density at radius 1 is 1.40 bits per heavy atom. The molecule has 1 aromatic heterocycles. The van der Waals surface area contributed by atoms with E-state index >= 15 is 0 Å². The van der Waals surface area contributed by atoms with Gasteiger partial charge in [0.15, 0.2) is 6.29 Å². The number of carboxylic acids is 1. The van der Waals surface area contributed by atoms with Crippen molar-refractivity contribution < 1.29 is 14.7 Å². The van der Waals surface area contributed by atoms with Gasteiger partial charge in [-0.3, -0.25) is 9.59 Å². The molecule has 0 saturated heterocycles. The molecule has 0 radical (unpaired) electrons. The summed E-state index contributed by atoms with van der Waals surface area (Å²) in [6, 6.07) is 7.26. The fourth-order valence-electron chi connectivity index (χ4n) is 1.66. The molecule has 1 aromatic carbocycles. The maximum atomic E-state index is 10.8. The summed E-state index contributed by atoms with van der Waals surface area (Å²) < 4.78 is 0. The van der Waals surface area contributed by atoms with Gasteiger partial charge in [0.25, 0.3) is 0 Å². The minimum Gasteiger partial charge on any atom is -0.481 e. The maximum absolute atomic E-state index is 10.8. The van der Waals surface area contributed by atoms with E-state index in [1.807, 2.05) is 18.2 Å². The van der Waals surface area contributed by atoms with Gasteiger partial charge in [-0.05, 0) is 11.6 Å². The molecule has 1 heterocycles. The number of carboxylic acid groups (broad SMARTS) is 1. The Morgan fingerprint density at radius 3 is 2.80 bits per heavy atom. The van der Waals surface area contributed by atoms with Gasteiger partial charge in [-0.15, -0.1) is 0 Å². The SMILES string of the molecule is O=Cc1[nH]c2ccccc2c1CC(=O)O. The Balaban J connectivity index is 2.66. The van der Waals surface area contributed by atoms with Crippen LogP contribution in [0.3, 0.4) is 0 Å². The molecule has 15 heavy (non-hydrogen) atoms. The number of carbonyl (C=O) groups excluding carboxylic acids is 1. The Bertz CT molecular complexity index is 528. The third-order valence-corrected chi connectivity index (χ3v) is 2.29. The zero-order valence-electron chi connectivity index (χ0n) is 7.86. The largest absolute Gasteiger partial charge is 0.481 e. The van der Waals surface area contributed by atoms with Gasteiger partial charge in [0.05, 0.1) is 12.1 Å². The summed E-state index contributed by atoms with van der Waals surface area (Å²) in [5.41, 5.74) is 1.68. The van der Waals surface area contributed by atoms with Gasteiger partial charge in [0, 0.05) is 10.9 Å². The van der Waals surface area contributed by atoms with E-state index in [9.17, 15) is 9.59 Å². The van der Waals surface area contributed by atoms with E-state index in [4.69, 9.17) is 5.11 Å². The Morgan fingerprint density at radius 2 is 2.13 bits per heavy atom. The van der Waals surface area contributed by atoms with Crippen molar-refractivity contribution >= 4 is 23.2 Å². The molecule has 2 rings (SSSR count). The van der Waals surface area contributed by atoms with Crippen molar-refractivity contribution in [3.8, 4) is 0 Å². The minimum absolute atomic E-state index is 0.141. The highest BCUT2D eigenvalue weighted by Gasteiger charge is 2.12. The van der Waals surface area contributed by atoms with E-state index in [1.165, 1.54) is 0 Å². The van der Waals surface area contributed by atoms with Crippen LogP contribution in [0.5, 0.6) is 0 Å². The first-order valence-corrected chi connectivity index (χ1v) is 4.49. The number of H-pyrrole nitrogens is 1. The number of hydrogen-bond donors (Lipinski definition) is 2. The highest BCUT2D eigenvalue weighted by Crippen LogP contribution is 2.21. The lowest BCUT2D eigenvalue weighted by molar-refractivity contribution is -0.136. The van der Waals surface area contributed by atoms with E-state index < -0.39 is 5.97 Å². The molecule has 0 aliphatic rings. The highest BCUT2D eigenvalue weighted by molar-refractivity contribution is 5.94. The Kier molecular flexibility index (Phi) is 2.25. The number of para-hydroxylation sites is 1. The van der Waals surface area contributed by atoms with Crippen molar-refractivity contribution in [3.63, 3.8) is 0 Å². The first kappa shape index (κ1) is 9.45. The molecule has 0 fully saturated rings. The number of aliphatic carboxylic acids is 1. The van der Waals surface area contributed by atoms with Crippen LogP contribution < -0.4 is 0 Å². The summed E-state index contributed by atoms with van der Waals surface area (Å²) in [6.45, 7) is 0. The van der Waals surface area contributed by atoms with Gasteiger partial charge in [0.1, 0.15) is 0 Å². The second kappa shape index (κ2) is 3.57. The number of aromatic amines is 1. The molecule has 76 valence electrons. The fourth-order valence-corrected chi connectivity index (χ4v) is 1.66. The van der Waals surface area contributed by atoms with Crippen LogP contribution in [0, 0.1) is 0 Å². The molecular formula is C11H9NO3. The summed E-state index contributed by atoms with van der Waals surface area (Å²) in [7, 11) is 0. The molecule has 0 aliphatic carbocycles. The third kappa shape index (κ3) is 1.61. The number of aldehydes is 1. The van der Waals surface area contributed by atoms with E-state index in [1.54, 1.807) is 6.07 Å². The van der Waals surface area contributed by atoms with Crippen LogP contribution in [-0.4, -0.2) is 22.3 Å². The standard InChI is InChI=1S/C11H9NO3/c13-6-10-8(5-11(14)15)7-3-1-2-4-9(7)12-10/h1-4,6,12H,5H2,(H,14,15). The number of aromatic nitrogens is 1. The average Bonchev–Trinajstić information content (AvgIpc) is 2.56. The molecule has 2 N–H and O–H groups in total. The molecule has 4 nitrogen and oxygen atoms in total. The molecule has 0 unspecified atom stereocenters. The van der Waals surface area contributed by atoms with E-state index in [0.29, 0.717) is 17.5 Å². The molecule has 2 aromatic rings. The lowest BCUT2D eigenvalue weighted by atomic mass is 10.1. The number of nitrogens with one attached hydrogen (secondary N) is 1. The lowest BCUT2D eigenvalue weighted by Gasteiger charge is -1.95. The predicted molar refractivity (Wildman–Crippen MR) is 55.0 cm³/mol. The number of hydrogen-bond acceptors (Lipinski definition) is 2. The molecule has 4 heteroatoms. The number of rotatable bonds is 3. The van der Waals surface area contributed by atoms with Crippen LogP contribution in [0.2, 0.25) is 0 Å². The molecule has 0 amide bonds. The van der Waals surface area contributed by atoms with E-state index in [2.05, 4.69) is 4.98 Å². The molecule has 0 saturated carbocycles. The van der Waals surface area contributed by atoms with Crippen LogP contribution in [0.15, 0.2) is 24.3 Å². The summed E-state index contributed by atoms with van der Waals surface area (Å²) in [4.78, 5) is 24.3. The van der Waals surface area contributed by atoms with E-state index in [-0.39, 0.29) is 6.42 Å². The maximum Gasteiger partial charge on any atom is 0.307 e. The van der Waals surface area contributed by atoms with Crippen LogP contribution in [-0.2, 0) is 11.2 Å². The zero-order valence-corrected chi connectivity index (χ0v) is 7.86. The van der Waals surface area contributed by atoms with Crippen LogP contribution in [0.4, 0.5) is 0 Å². The van der Waals surface area contributed by atoms with Crippen molar-refractivity contribution in [1.29, 1.82) is 0 Å². The second-order valence-electron chi connectivity index (χ2n) is 3.25. The topological polar surface area (TPSA) is 70.2 Å². The first-order chi connectivity index (χ1) is 7.22. The predicted octanol–water partition coefficient (Wildman–Crippen LogP) is 1.61. The van der Waals surface area contributed by atoms with Crippen molar-refractivity contribution in [2.24, 2.45) is 0 Å². The van der Waals surface area contributed by atoms with Gasteiger partial charge >= 0.3 is 5.97 Å². The van der Waals surface area contributed by atoms with Gasteiger partial charge < -0.3 is 10.1 Å². The molecular weight excluding hydrogens is 194 g/mol. The fraction of sp³-hybridized carbons (Fsp3) is 0.0909. The lowest BCUT2D eigenvalue weighted by Crippen LogP contribution is -2.01. The van der Waals surface area contributed by atoms with E-state index in [0.717, 1.165) is 10.9 Å². The number of benzene rings is 1. The Hall–Kier alpha value is -2.10. The van der Waals surface area contributed by atoms with Crippen molar-refractivity contribution in [1.82, 2.24) is 4.98 Å². The highest BCUT2D eigenvalue weighted by atomic mass is 16.4. The molecule has 0 atom stereocenters. The van der Waals surface area contributed by atoms with Crippen LogP contribution >= 0.6 is 0 Å². The summed E-state index contributed by atoms with van der Waals surface area (Å²) >= 11 is 0. The average molecular weight is 203 g/mol. The molecule has 0 spiro atoms. The quantitative estimate of drug-likeness (QED) is 0.744. The summed E-state index contributed by atoms with van der Waals surface area (Å²) in [5, 5.41) is 9.53. The number of carbonyl (C=O) groups is 2. The van der Waals surface area contributed by atoms with Crippen molar-refractivity contribution in [2.45, 2.75) is 6.42 Å². The first-order valence-electron chi connectivity index (χ1n) is 4.49. The minimum atomic E-state index is -0.942. The monoisotopic (exact) mass is 203 g/mol. The summed E-state index contributed by atoms with van der Waals surface area (Å²) in [5.74, 6) is -0.942. The molecule has 0 bridgehead atoms. The van der Waals surface area contributed by atoms with Gasteiger partial charge in [-0.25, -0.2) is 0 Å². The normalized spacial score (nSPS) is 10.4.